The van der Waals surface area contributed by atoms with Crippen molar-refractivity contribution in [3.63, 3.8) is 0 Å². The smallest absolute Gasteiger partial charge is 1.00 e. The quantitative estimate of drug-likeness (QED) is 0.436. The van der Waals surface area contributed by atoms with E-state index < -0.39 is 7.14 Å². The summed E-state index contributed by atoms with van der Waals surface area (Å²) in [7, 11) is -3.28. The number of pyridine rings is 1. The van der Waals surface area contributed by atoms with Gasteiger partial charge in [0.25, 0.3) is 0 Å². The number of hydrogen-bond acceptors (Lipinski definition) is 3. The molecule has 3 aromatic carbocycles. The molecule has 0 aliphatic carbocycles. The second kappa shape index (κ2) is 7.52. The minimum atomic E-state index is -3.28. The van der Waals surface area contributed by atoms with E-state index in [0.29, 0.717) is 16.1 Å². The molecule has 0 atom stereocenters. The first-order chi connectivity index (χ1) is 12.2. The van der Waals surface area contributed by atoms with E-state index in [1.807, 2.05) is 84.9 Å². The van der Waals surface area contributed by atoms with Gasteiger partial charge < -0.3 is 11.1 Å². The molecule has 5 heteroatoms. The van der Waals surface area contributed by atoms with Crippen LogP contribution in [0.5, 0.6) is 5.75 Å². The predicted octanol–water partition coefficient (Wildman–Crippen LogP) is 0.696. The fourth-order valence-corrected chi connectivity index (χ4v) is 5.60. The van der Waals surface area contributed by atoms with E-state index in [4.69, 9.17) is 0 Å². The third-order valence-corrected chi connectivity index (χ3v) is 7.20. The largest absolute Gasteiger partial charge is 1.00 e. The van der Waals surface area contributed by atoms with Gasteiger partial charge in [0.15, 0.2) is 12.6 Å². The second-order valence-corrected chi connectivity index (χ2v) is 8.48. The molecule has 0 spiro atoms. The molecule has 0 bridgehead atoms. The molecule has 0 aliphatic heterocycles. The summed E-state index contributed by atoms with van der Waals surface area (Å²) in [5.41, 5.74) is 0.936. The molecule has 0 aliphatic rings. The van der Waals surface area contributed by atoms with Crippen LogP contribution in [0.2, 0.25) is 0 Å². The van der Waals surface area contributed by atoms with Gasteiger partial charge in [-0.05, 0) is 12.1 Å². The Morgan fingerprint density at radius 3 is 1.85 bits per heavy atom. The van der Waals surface area contributed by atoms with Gasteiger partial charge in [-0.15, -0.1) is 0 Å². The number of rotatable bonds is 3. The van der Waals surface area contributed by atoms with Crippen LogP contribution in [0.15, 0.2) is 91.0 Å². The van der Waals surface area contributed by atoms with Gasteiger partial charge in [0.1, 0.15) is 5.75 Å². The number of nitrogens with zero attached hydrogens (tertiary/aromatic N) is 1. The van der Waals surface area contributed by atoms with Gasteiger partial charge >= 0.3 is 18.9 Å². The molecule has 4 rings (SSSR count). The van der Waals surface area contributed by atoms with Gasteiger partial charge in [-0.3, -0.25) is 0 Å². The molecule has 1 N–H and O–H groups in total. The first kappa shape index (κ1) is 18.5. The van der Waals surface area contributed by atoms with Crippen LogP contribution in [0, 0.1) is 0 Å². The summed E-state index contributed by atoms with van der Waals surface area (Å²) < 4.78 is 14.3. The average Bonchev–Trinajstić information content (AvgIpc) is 2.68. The number of aromatic nitrogens is 1. The van der Waals surface area contributed by atoms with Gasteiger partial charge in [0.2, 0.25) is 0 Å². The molecule has 0 unspecified atom stereocenters. The van der Waals surface area contributed by atoms with Crippen LogP contribution in [0.3, 0.4) is 0 Å². The van der Waals surface area contributed by atoms with Crippen LogP contribution in [0.4, 0.5) is 0 Å². The fourth-order valence-electron chi connectivity index (χ4n) is 3.00. The fraction of sp³-hybridized carbons (Fsp3) is 0. The third-order valence-electron chi connectivity index (χ3n) is 4.22. The van der Waals surface area contributed by atoms with Crippen molar-refractivity contribution in [3.8, 4) is 5.75 Å². The van der Waals surface area contributed by atoms with E-state index in [0.717, 1.165) is 5.39 Å². The summed E-state index contributed by atoms with van der Waals surface area (Å²) in [5.74, 6) is -0.0465. The van der Waals surface area contributed by atoms with E-state index in [-0.39, 0.29) is 31.5 Å². The number of fused-ring (bicyclic) bond motifs is 1. The molecule has 0 amide bonds. The maximum Gasteiger partial charge on any atom is 1.00 e. The van der Waals surface area contributed by atoms with Crippen molar-refractivity contribution < 1.29 is 30.0 Å². The maximum absolute atomic E-state index is 14.3. The van der Waals surface area contributed by atoms with Crippen LogP contribution in [0.1, 0.15) is 1.43 Å². The van der Waals surface area contributed by atoms with Crippen molar-refractivity contribution in [1.82, 2.24) is 4.98 Å². The molecule has 0 fully saturated rings. The van der Waals surface area contributed by atoms with E-state index in [1.165, 1.54) is 0 Å². The van der Waals surface area contributed by atoms with Crippen LogP contribution in [-0.2, 0) is 4.57 Å². The molecule has 0 saturated heterocycles. The minimum absolute atomic E-state index is 0. The summed E-state index contributed by atoms with van der Waals surface area (Å²) in [6.07, 6.45) is 0. The van der Waals surface area contributed by atoms with E-state index in [9.17, 15) is 9.67 Å². The van der Waals surface area contributed by atoms with Crippen LogP contribution < -0.4 is 34.9 Å². The van der Waals surface area contributed by atoms with E-state index in [1.54, 1.807) is 6.07 Å². The van der Waals surface area contributed by atoms with Gasteiger partial charge in [-0.1, -0.05) is 78.9 Å². The van der Waals surface area contributed by atoms with E-state index >= 15 is 0 Å². The Morgan fingerprint density at radius 2 is 1.27 bits per heavy atom. The number of hydrogen-bond donors (Lipinski definition) is 1. The summed E-state index contributed by atoms with van der Waals surface area (Å²) in [6, 6.07) is 27.6. The molecule has 0 radical (unpaired) electrons. The summed E-state index contributed by atoms with van der Waals surface area (Å²) in [4.78, 5) is 4.59. The summed E-state index contributed by atoms with van der Waals surface area (Å²) in [6.45, 7) is 0. The Labute approximate surface area is 165 Å². The maximum atomic E-state index is 14.3. The topological polar surface area (TPSA) is 50.2 Å². The number of para-hydroxylation sites is 1. The molecular weight excluding hydrogens is 336 g/mol. The molecule has 1 aromatic heterocycles. The van der Waals surface area contributed by atoms with Crippen molar-refractivity contribution >= 4 is 34.1 Å². The Kier molecular flexibility index (Phi) is 5.35. The average molecular weight is 353 g/mol. The number of aromatic hydroxyl groups is 1. The van der Waals surface area contributed by atoms with Crippen molar-refractivity contribution in [1.29, 1.82) is 0 Å². The minimum Gasteiger partial charge on any atom is -1.00 e. The van der Waals surface area contributed by atoms with Crippen LogP contribution in [-0.4, -0.2) is 10.1 Å². The summed E-state index contributed by atoms with van der Waals surface area (Å²) >= 11 is 0. The molecule has 3 nitrogen and oxygen atoms in total. The van der Waals surface area contributed by atoms with Crippen molar-refractivity contribution in [2.75, 3.05) is 0 Å². The first-order valence-electron chi connectivity index (χ1n) is 8.00. The second-order valence-electron chi connectivity index (χ2n) is 5.80. The summed E-state index contributed by atoms with van der Waals surface area (Å²) in [5, 5.41) is 12.8. The zero-order valence-corrected chi connectivity index (χ0v) is 15.3. The van der Waals surface area contributed by atoms with Gasteiger partial charge in [-0.25, -0.2) is 4.98 Å². The molecule has 0 saturated carbocycles. The van der Waals surface area contributed by atoms with Crippen LogP contribution in [0.25, 0.3) is 10.9 Å². The SMILES string of the molecule is O=P(c1ccccc1)(c1ccccc1)c1nc2ccccc2cc1O.[H-].[Li+]. The first-order valence-corrected chi connectivity index (χ1v) is 9.71. The third kappa shape index (κ3) is 3.11. The van der Waals surface area contributed by atoms with Gasteiger partial charge in [0.05, 0.1) is 5.52 Å². The zero-order valence-electron chi connectivity index (χ0n) is 15.4. The van der Waals surface area contributed by atoms with Gasteiger partial charge in [-0.2, -0.15) is 0 Å². The Balaban J connectivity index is 0.00000131. The standard InChI is InChI=1S/C21H16NO2P.Li.H/c23-20-15-16-9-7-8-14-19(16)22-21(20)25(24,17-10-3-1-4-11-17)18-12-5-2-6-13-18;;/h1-15,23H;;/q;+1;-1. The molecule has 124 valence electrons. The van der Waals surface area contributed by atoms with Crippen molar-refractivity contribution in [2.24, 2.45) is 0 Å². The normalized spacial score (nSPS) is 11.1. The van der Waals surface area contributed by atoms with Crippen LogP contribution >= 0.6 is 7.14 Å². The molecular formula is C21H17LiNO2P. The zero-order chi connectivity index (χ0) is 17.3. The predicted molar refractivity (Wildman–Crippen MR) is 104 cm³/mol. The molecule has 26 heavy (non-hydrogen) atoms. The Bertz CT molecular complexity index is 1050. The Hall–Kier alpha value is -2.30. The van der Waals surface area contributed by atoms with Crippen molar-refractivity contribution in [2.45, 2.75) is 0 Å². The van der Waals surface area contributed by atoms with Gasteiger partial charge in [0, 0.05) is 16.0 Å². The molecule has 4 aromatic rings. The molecule has 1 heterocycles. The monoisotopic (exact) mass is 353 g/mol. The number of benzene rings is 3. The Morgan fingerprint density at radius 1 is 0.769 bits per heavy atom. The van der Waals surface area contributed by atoms with E-state index in [2.05, 4.69) is 4.98 Å². The van der Waals surface area contributed by atoms with Crippen molar-refractivity contribution in [3.05, 3.63) is 91.0 Å².